The first kappa shape index (κ1) is 18.7. The van der Waals surface area contributed by atoms with Crippen molar-refractivity contribution in [3.63, 3.8) is 0 Å². The number of hydrogen-bond donors (Lipinski definition) is 3. The third-order valence-electron chi connectivity index (χ3n) is 3.87. The van der Waals surface area contributed by atoms with Crippen LogP contribution in [0, 0.1) is 19.8 Å². The van der Waals surface area contributed by atoms with Crippen molar-refractivity contribution in [2.75, 3.05) is 11.9 Å². The average molecular weight is 344 g/mol. The first-order valence-corrected chi connectivity index (χ1v) is 8.15. The molecule has 0 aliphatic heterocycles. The number of benzene rings is 1. The van der Waals surface area contributed by atoms with Crippen molar-refractivity contribution in [2.45, 2.75) is 33.7 Å². The van der Waals surface area contributed by atoms with Gasteiger partial charge in [0, 0.05) is 11.3 Å². The maximum Gasteiger partial charge on any atom is 0.243 e. The second-order valence-corrected chi connectivity index (χ2v) is 6.28. The Labute approximate surface area is 147 Å². The maximum absolute atomic E-state index is 12.0. The van der Waals surface area contributed by atoms with Crippen LogP contribution >= 0.6 is 0 Å². The highest BCUT2D eigenvalue weighted by molar-refractivity contribution is 5.95. The lowest BCUT2D eigenvalue weighted by molar-refractivity contribution is -0.125. The summed E-state index contributed by atoms with van der Waals surface area (Å²) >= 11 is 0. The number of aromatic nitrogens is 1. The largest absolute Gasteiger partial charge is 0.441 e. The number of nitrogens with two attached hydrogens (primary N) is 1. The van der Waals surface area contributed by atoms with E-state index >= 15 is 0 Å². The monoisotopic (exact) mass is 344 g/mol. The molecule has 1 aromatic carbocycles. The van der Waals surface area contributed by atoms with Gasteiger partial charge in [0.2, 0.25) is 17.7 Å². The first-order valence-electron chi connectivity index (χ1n) is 8.15. The maximum atomic E-state index is 12.0. The fourth-order valence-electron chi connectivity index (χ4n) is 2.12. The molecule has 2 rings (SSSR count). The van der Waals surface area contributed by atoms with Gasteiger partial charge in [0.25, 0.3) is 0 Å². The van der Waals surface area contributed by atoms with E-state index in [0.29, 0.717) is 11.6 Å². The summed E-state index contributed by atoms with van der Waals surface area (Å²) < 4.78 is 5.59. The van der Waals surface area contributed by atoms with Crippen LogP contribution < -0.4 is 16.4 Å². The van der Waals surface area contributed by atoms with Crippen LogP contribution in [0.2, 0.25) is 0 Å². The van der Waals surface area contributed by atoms with Crippen LogP contribution in [0.5, 0.6) is 0 Å². The summed E-state index contributed by atoms with van der Waals surface area (Å²) in [5.74, 6) is 0.592. The lowest BCUT2D eigenvalue weighted by Crippen LogP contribution is -2.46. The predicted molar refractivity (Wildman–Crippen MR) is 95.9 cm³/mol. The minimum Gasteiger partial charge on any atom is -0.441 e. The van der Waals surface area contributed by atoms with E-state index in [9.17, 15) is 9.59 Å². The molecule has 2 aromatic rings. The molecule has 4 N–H and O–H groups in total. The number of aryl methyl sites for hydroxylation is 2. The van der Waals surface area contributed by atoms with Crippen LogP contribution in [0.3, 0.4) is 0 Å². The number of oxazole rings is 1. The van der Waals surface area contributed by atoms with Crippen molar-refractivity contribution in [3.05, 3.63) is 35.7 Å². The summed E-state index contributed by atoms with van der Waals surface area (Å²) in [5.41, 5.74) is 7.92. The number of rotatable bonds is 6. The van der Waals surface area contributed by atoms with E-state index in [2.05, 4.69) is 15.6 Å². The molecule has 0 saturated carbocycles. The molecule has 25 heavy (non-hydrogen) atoms. The molecule has 7 heteroatoms. The number of nitrogens with zero attached hydrogens (tertiary/aromatic N) is 1. The summed E-state index contributed by atoms with van der Waals surface area (Å²) in [7, 11) is 0. The fourth-order valence-corrected chi connectivity index (χ4v) is 2.12. The molecule has 0 spiro atoms. The molecule has 2 amide bonds. The minimum absolute atomic E-state index is 0.00690. The van der Waals surface area contributed by atoms with Crippen molar-refractivity contribution >= 4 is 17.5 Å². The van der Waals surface area contributed by atoms with Crippen LogP contribution in [-0.2, 0) is 9.59 Å². The van der Waals surface area contributed by atoms with Gasteiger partial charge in [-0.2, -0.15) is 0 Å². The van der Waals surface area contributed by atoms with E-state index < -0.39 is 6.04 Å². The van der Waals surface area contributed by atoms with Crippen LogP contribution in [0.25, 0.3) is 11.5 Å². The van der Waals surface area contributed by atoms with Crippen molar-refractivity contribution in [2.24, 2.45) is 11.7 Å². The number of carbonyl (C=O) groups excluding carboxylic acids is 2. The lowest BCUT2D eigenvalue weighted by atomic mass is 10.1. The van der Waals surface area contributed by atoms with Gasteiger partial charge in [-0.25, -0.2) is 4.98 Å². The molecule has 0 bridgehead atoms. The van der Waals surface area contributed by atoms with Crippen molar-refractivity contribution in [3.8, 4) is 11.5 Å². The highest BCUT2D eigenvalue weighted by atomic mass is 16.4. The molecule has 1 heterocycles. The van der Waals surface area contributed by atoms with Gasteiger partial charge < -0.3 is 20.8 Å². The molecular weight excluding hydrogens is 320 g/mol. The van der Waals surface area contributed by atoms with Crippen LogP contribution in [0.4, 0.5) is 5.69 Å². The molecule has 7 nitrogen and oxygen atoms in total. The minimum atomic E-state index is -0.632. The van der Waals surface area contributed by atoms with Gasteiger partial charge in [0.1, 0.15) is 5.76 Å². The van der Waals surface area contributed by atoms with Crippen LogP contribution in [-0.4, -0.2) is 29.4 Å². The third kappa shape index (κ3) is 4.90. The molecule has 0 unspecified atom stereocenters. The number of nitrogens with one attached hydrogen (secondary N) is 2. The Kier molecular flexibility index (Phi) is 5.93. The smallest absolute Gasteiger partial charge is 0.243 e. The highest BCUT2D eigenvalue weighted by Crippen LogP contribution is 2.23. The summed E-state index contributed by atoms with van der Waals surface area (Å²) in [6.07, 6.45) is 0. The highest BCUT2D eigenvalue weighted by Gasteiger charge is 2.17. The van der Waals surface area contributed by atoms with Crippen molar-refractivity contribution < 1.29 is 14.0 Å². The zero-order valence-corrected chi connectivity index (χ0v) is 14.9. The molecule has 0 aliphatic rings. The molecule has 0 fully saturated rings. The third-order valence-corrected chi connectivity index (χ3v) is 3.87. The Balaban J connectivity index is 1.97. The van der Waals surface area contributed by atoms with Gasteiger partial charge in [0.05, 0.1) is 18.3 Å². The Morgan fingerprint density at radius 2 is 2.00 bits per heavy atom. The Morgan fingerprint density at radius 3 is 2.60 bits per heavy atom. The Morgan fingerprint density at radius 1 is 1.28 bits per heavy atom. The average Bonchev–Trinajstić information content (AvgIpc) is 2.91. The number of hydrogen-bond acceptors (Lipinski definition) is 5. The Bertz CT molecular complexity index is 748. The topological polar surface area (TPSA) is 110 Å². The summed E-state index contributed by atoms with van der Waals surface area (Å²) in [6, 6.07) is 6.54. The van der Waals surface area contributed by atoms with E-state index in [1.54, 1.807) is 18.2 Å². The zero-order chi connectivity index (χ0) is 18.6. The normalized spacial score (nSPS) is 12.1. The second-order valence-electron chi connectivity index (χ2n) is 6.28. The molecular formula is C18H24N4O3. The van der Waals surface area contributed by atoms with Crippen molar-refractivity contribution in [1.82, 2.24) is 10.3 Å². The van der Waals surface area contributed by atoms with Gasteiger partial charge in [-0.1, -0.05) is 19.9 Å². The summed E-state index contributed by atoms with van der Waals surface area (Å²) in [5, 5.41) is 5.27. The quantitative estimate of drug-likeness (QED) is 0.742. The molecule has 0 saturated heterocycles. The van der Waals surface area contributed by atoms with Crippen LogP contribution in [0.1, 0.15) is 25.3 Å². The predicted octanol–water partition coefficient (Wildman–Crippen LogP) is 2.00. The van der Waals surface area contributed by atoms with E-state index in [-0.39, 0.29) is 24.3 Å². The van der Waals surface area contributed by atoms with Gasteiger partial charge >= 0.3 is 0 Å². The van der Waals surface area contributed by atoms with Crippen LogP contribution in [0.15, 0.2) is 28.7 Å². The molecule has 1 atom stereocenters. The molecule has 0 radical (unpaired) electrons. The second kappa shape index (κ2) is 7.94. The summed E-state index contributed by atoms with van der Waals surface area (Å²) in [4.78, 5) is 28.1. The van der Waals surface area contributed by atoms with Gasteiger partial charge in [-0.3, -0.25) is 9.59 Å². The van der Waals surface area contributed by atoms with Crippen molar-refractivity contribution in [1.29, 1.82) is 0 Å². The van der Waals surface area contributed by atoms with Gasteiger partial charge in [-0.15, -0.1) is 0 Å². The lowest BCUT2D eigenvalue weighted by Gasteiger charge is -2.15. The zero-order valence-electron chi connectivity index (χ0n) is 14.9. The van der Waals surface area contributed by atoms with E-state index in [4.69, 9.17) is 10.2 Å². The molecule has 1 aromatic heterocycles. The SMILES string of the molecule is Cc1nc(-c2cccc(NC(=O)CNC(=O)[C@@H](N)C(C)C)c2)oc1C. The molecule has 134 valence electrons. The van der Waals surface area contributed by atoms with E-state index in [1.165, 1.54) is 0 Å². The standard InChI is InChI=1S/C18H24N4O3/c1-10(2)16(19)17(24)20-9-15(23)22-14-7-5-6-13(8-14)18-21-11(3)12(4)25-18/h5-8,10,16H,9,19H2,1-4H3,(H,20,24)(H,22,23)/t16-/m0/s1. The number of amides is 2. The van der Waals surface area contributed by atoms with Gasteiger partial charge in [-0.05, 0) is 38.0 Å². The van der Waals surface area contributed by atoms with Gasteiger partial charge in [0.15, 0.2) is 0 Å². The number of carbonyl (C=O) groups is 2. The Hall–Kier alpha value is -2.67. The molecule has 0 aliphatic carbocycles. The number of anilines is 1. The summed E-state index contributed by atoms with van der Waals surface area (Å²) in [6.45, 7) is 7.28. The first-order chi connectivity index (χ1) is 11.8. The van der Waals surface area contributed by atoms with E-state index in [0.717, 1.165) is 17.0 Å². The fraction of sp³-hybridized carbons (Fsp3) is 0.389. The van der Waals surface area contributed by atoms with E-state index in [1.807, 2.05) is 33.8 Å².